The zero-order valence-corrected chi connectivity index (χ0v) is 9.44. The Balaban J connectivity index is 2.43. The molecule has 2 N–H and O–H groups in total. The van der Waals surface area contributed by atoms with E-state index in [4.69, 9.17) is 18.0 Å². The molecule has 1 aliphatic carbocycles. The molecule has 1 fully saturated rings. The van der Waals surface area contributed by atoms with Crippen LogP contribution in [0.1, 0.15) is 32.6 Å². The first-order valence-electron chi connectivity index (χ1n) is 5.10. The van der Waals surface area contributed by atoms with Crippen molar-refractivity contribution in [3.8, 4) is 0 Å². The Kier molecular flexibility index (Phi) is 4.13. The maximum absolute atomic E-state index is 5.54. The van der Waals surface area contributed by atoms with E-state index in [2.05, 4.69) is 18.9 Å². The highest BCUT2D eigenvalue weighted by Gasteiger charge is 2.24. The minimum Gasteiger partial charge on any atom is -0.392 e. The molecule has 0 radical (unpaired) electrons. The molecule has 2 atom stereocenters. The van der Waals surface area contributed by atoms with Gasteiger partial charge < -0.3 is 5.73 Å². The van der Waals surface area contributed by atoms with Crippen LogP contribution in [0.15, 0.2) is 0 Å². The Bertz CT molecular complexity index is 182. The summed E-state index contributed by atoms with van der Waals surface area (Å²) < 4.78 is 0. The van der Waals surface area contributed by atoms with Crippen LogP contribution in [0.4, 0.5) is 0 Å². The molecule has 2 unspecified atom stereocenters. The molecule has 0 aromatic carbocycles. The van der Waals surface area contributed by atoms with Crippen LogP contribution in [0, 0.1) is 5.92 Å². The van der Waals surface area contributed by atoms with Crippen LogP contribution in [-0.2, 0) is 0 Å². The molecule has 76 valence electrons. The largest absolute Gasteiger partial charge is 0.392 e. The topological polar surface area (TPSA) is 29.3 Å². The van der Waals surface area contributed by atoms with Crippen LogP contribution in [-0.4, -0.2) is 29.5 Å². The van der Waals surface area contributed by atoms with Crippen LogP contribution in [0.2, 0.25) is 0 Å². The van der Waals surface area contributed by atoms with Gasteiger partial charge in [-0.15, -0.1) is 0 Å². The first-order valence-corrected chi connectivity index (χ1v) is 5.50. The molecule has 3 heteroatoms. The van der Waals surface area contributed by atoms with E-state index in [0.717, 1.165) is 12.5 Å². The van der Waals surface area contributed by atoms with Crippen molar-refractivity contribution in [2.24, 2.45) is 11.7 Å². The number of hydrogen-bond donors (Lipinski definition) is 1. The number of nitrogens with two attached hydrogens (primary N) is 1. The van der Waals surface area contributed by atoms with Crippen LogP contribution in [0.3, 0.4) is 0 Å². The molecular formula is C10H20N2S. The lowest BCUT2D eigenvalue weighted by molar-refractivity contribution is 0.157. The number of rotatable bonds is 3. The van der Waals surface area contributed by atoms with E-state index in [9.17, 15) is 0 Å². The number of thiocarbonyl (C=S) groups is 1. The summed E-state index contributed by atoms with van der Waals surface area (Å²) in [6.45, 7) is 3.10. The summed E-state index contributed by atoms with van der Waals surface area (Å²) in [6, 6.07) is 0.690. The van der Waals surface area contributed by atoms with Gasteiger partial charge in [0.2, 0.25) is 0 Å². The van der Waals surface area contributed by atoms with Gasteiger partial charge in [-0.25, -0.2) is 0 Å². The van der Waals surface area contributed by atoms with Gasteiger partial charge >= 0.3 is 0 Å². The van der Waals surface area contributed by atoms with Crippen molar-refractivity contribution >= 4 is 17.2 Å². The second-order valence-electron chi connectivity index (χ2n) is 4.21. The maximum Gasteiger partial charge on any atom is 0.0870 e. The fraction of sp³-hybridized carbons (Fsp3) is 0.900. The molecule has 1 aliphatic rings. The Morgan fingerprint density at radius 3 is 2.62 bits per heavy atom. The van der Waals surface area contributed by atoms with E-state index >= 15 is 0 Å². The summed E-state index contributed by atoms with van der Waals surface area (Å²) in [5, 5.41) is 0. The number of hydrogen-bond acceptors (Lipinski definition) is 2. The average molecular weight is 200 g/mol. The van der Waals surface area contributed by atoms with Crippen LogP contribution in [0.5, 0.6) is 0 Å². The molecule has 1 saturated carbocycles. The van der Waals surface area contributed by atoms with Gasteiger partial charge in [0.25, 0.3) is 0 Å². The molecule has 0 saturated heterocycles. The molecule has 13 heavy (non-hydrogen) atoms. The molecule has 0 bridgehead atoms. The third kappa shape index (κ3) is 3.24. The fourth-order valence-corrected chi connectivity index (χ4v) is 2.52. The molecule has 2 nitrogen and oxygen atoms in total. The molecule has 0 heterocycles. The molecular weight excluding hydrogens is 180 g/mol. The zero-order chi connectivity index (χ0) is 9.84. The third-order valence-corrected chi connectivity index (χ3v) is 3.17. The highest BCUT2D eigenvalue weighted by atomic mass is 32.1. The summed E-state index contributed by atoms with van der Waals surface area (Å²) >= 11 is 4.92. The molecule has 1 rings (SSSR count). The Hall–Kier alpha value is -0.150. The Morgan fingerprint density at radius 1 is 1.46 bits per heavy atom. The zero-order valence-electron chi connectivity index (χ0n) is 8.62. The predicted molar refractivity (Wildman–Crippen MR) is 60.8 cm³/mol. The summed E-state index contributed by atoms with van der Waals surface area (Å²) in [6.07, 6.45) is 5.40. The minimum atomic E-state index is 0.611. The SMILES string of the molecule is CC1CCCCC1N(C)CC(N)=S. The lowest BCUT2D eigenvalue weighted by Gasteiger charge is -2.36. The maximum atomic E-state index is 5.54. The van der Waals surface area contributed by atoms with Gasteiger partial charge in [0.05, 0.1) is 4.99 Å². The Morgan fingerprint density at radius 2 is 2.08 bits per heavy atom. The van der Waals surface area contributed by atoms with Gasteiger partial charge in [0, 0.05) is 12.6 Å². The molecule has 0 aromatic rings. The van der Waals surface area contributed by atoms with E-state index in [0.29, 0.717) is 11.0 Å². The summed E-state index contributed by atoms with van der Waals surface area (Å²) in [7, 11) is 2.13. The van der Waals surface area contributed by atoms with Gasteiger partial charge in [0.1, 0.15) is 0 Å². The van der Waals surface area contributed by atoms with Crippen molar-refractivity contribution in [2.45, 2.75) is 38.6 Å². The molecule has 0 spiro atoms. The van der Waals surface area contributed by atoms with Gasteiger partial charge in [-0.2, -0.15) is 0 Å². The second-order valence-corrected chi connectivity index (χ2v) is 4.73. The van der Waals surface area contributed by atoms with Crippen molar-refractivity contribution in [2.75, 3.05) is 13.6 Å². The second kappa shape index (κ2) is 4.91. The lowest BCUT2D eigenvalue weighted by atomic mass is 9.85. The summed E-state index contributed by atoms with van der Waals surface area (Å²) in [5.41, 5.74) is 5.54. The minimum absolute atomic E-state index is 0.611. The van der Waals surface area contributed by atoms with E-state index in [1.54, 1.807) is 0 Å². The van der Waals surface area contributed by atoms with E-state index in [1.165, 1.54) is 25.7 Å². The van der Waals surface area contributed by atoms with Crippen molar-refractivity contribution in [3.63, 3.8) is 0 Å². The van der Waals surface area contributed by atoms with Crippen LogP contribution >= 0.6 is 12.2 Å². The molecule has 0 aliphatic heterocycles. The predicted octanol–water partition coefficient (Wildman–Crippen LogP) is 1.78. The average Bonchev–Trinajstić information content (AvgIpc) is 2.03. The smallest absolute Gasteiger partial charge is 0.0870 e. The third-order valence-electron chi connectivity index (χ3n) is 3.04. The first-order chi connectivity index (χ1) is 6.11. The van der Waals surface area contributed by atoms with E-state index < -0.39 is 0 Å². The van der Waals surface area contributed by atoms with Gasteiger partial charge in [0.15, 0.2) is 0 Å². The van der Waals surface area contributed by atoms with Crippen molar-refractivity contribution < 1.29 is 0 Å². The van der Waals surface area contributed by atoms with Crippen molar-refractivity contribution in [1.29, 1.82) is 0 Å². The lowest BCUT2D eigenvalue weighted by Crippen LogP contribution is -2.42. The molecule has 0 aromatic heterocycles. The van der Waals surface area contributed by atoms with Crippen molar-refractivity contribution in [1.82, 2.24) is 4.90 Å². The highest BCUT2D eigenvalue weighted by molar-refractivity contribution is 7.80. The van der Waals surface area contributed by atoms with Gasteiger partial charge in [-0.3, -0.25) is 4.90 Å². The van der Waals surface area contributed by atoms with Crippen LogP contribution in [0.25, 0.3) is 0 Å². The Labute approximate surface area is 86.5 Å². The molecule has 0 amide bonds. The van der Waals surface area contributed by atoms with Crippen molar-refractivity contribution in [3.05, 3.63) is 0 Å². The van der Waals surface area contributed by atoms with Gasteiger partial charge in [-0.05, 0) is 25.8 Å². The number of likely N-dealkylation sites (N-methyl/N-ethyl adjacent to an activating group) is 1. The number of nitrogens with zero attached hydrogens (tertiary/aromatic N) is 1. The highest BCUT2D eigenvalue weighted by Crippen LogP contribution is 2.26. The fourth-order valence-electron chi connectivity index (χ4n) is 2.31. The monoisotopic (exact) mass is 200 g/mol. The standard InChI is InChI=1S/C10H20N2S/c1-8-5-3-4-6-9(8)12(2)7-10(11)13/h8-9H,3-7H2,1-2H3,(H2,11,13). The quantitative estimate of drug-likeness (QED) is 0.704. The normalized spacial score (nSPS) is 29.2. The van der Waals surface area contributed by atoms with E-state index in [-0.39, 0.29) is 0 Å². The van der Waals surface area contributed by atoms with Crippen LogP contribution < -0.4 is 5.73 Å². The van der Waals surface area contributed by atoms with Gasteiger partial charge in [-0.1, -0.05) is 32.0 Å². The summed E-state index contributed by atoms with van der Waals surface area (Å²) in [5.74, 6) is 0.799. The van der Waals surface area contributed by atoms with E-state index in [1.807, 2.05) is 0 Å². The summed E-state index contributed by atoms with van der Waals surface area (Å²) in [4.78, 5) is 2.92. The first kappa shape index (κ1) is 10.9.